The van der Waals surface area contributed by atoms with Gasteiger partial charge in [-0.1, -0.05) is 31.8 Å². The molecule has 2 aromatic carbocycles. The van der Waals surface area contributed by atoms with Crippen molar-refractivity contribution in [2.75, 3.05) is 25.1 Å². The van der Waals surface area contributed by atoms with Crippen LogP contribution >= 0.6 is 0 Å². The molecule has 4 aromatic rings. The number of ether oxygens (including phenoxy) is 3. The largest absolute Gasteiger partial charge is 0.494 e. The van der Waals surface area contributed by atoms with Crippen LogP contribution in [0.15, 0.2) is 52.9 Å². The Hall–Kier alpha value is -4.17. The minimum Gasteiger partial charge on any atom is -0.494 e. The maximum Gasteiger partial charge on any atom is 0.339 e. The van der Waals surface area contributed by atoms with Gasteiger partial charge in [-0.3, -0.25) is 4.57 Å². The van der Waals surface area contributed by atoms with Crippen molar-refractivity contribution in [2.45, 2.75) is 50.9 Å². The van der Waals surface area contributed by atoms with Gasteiger partial charge in [0.25, 0.3) is 0 Å². The van der Waals surface area contributed by atoms with Crippen LogP contribution < -0.4 is 13.8 Å². The second-order valence-electron chi connectivity index (χ2n) is 11.8. The second kappa shape index (κ2) is 11.7. The van der Waals surface area contributed by atoms with Gasteiger partial charge >= 0.3 is 5.97 Å². The number of carbonyl (C=O) groups excluding carboxylic acids is 1. The summed E-state index contributed by atoms with van der Waals surface area (Å²) < 4.78 is 68.9. The standard InChI is InChI=1S/C30H35FN4O7SSi/c1-18-11-14-25(41-18)28-32-33-30(35(28)26-23(39-3)9-8-10-24(26)40-4)34(15-16-44(5,6)7)43(37,38)19(2)27-21-13-12-20(31)17-22(21)29(36)42-27/h8-14,17,19,27H,15-16H2,1-7H3/t19-,27-/m0/s1. The number of aromatic nitrogens is 3. The number of benzene rings is 2. The minimum absolute atomic E-state index is 0.00287. The van der Waals surface area contributed by atoms with E-state index in [9.17, 15) is 17.6 Å². The molecule has 1 aliphatic rings. The summed E-state index contributed by atoms with van der Waals surface area (Å²) in [6, 6.07) is 12.9. The predicted octanol–water partition coefficient (Wildman–Crippen LogP) is 5.77. The van der Waals surface area contributed by atoms with Crippen molar-refractivity contribution in [2.24, 2.45) is 0 Å². The fourth-order valence-electron chi connectivity index (χ4n) is 5.09. The zero-order chi connectivity index (χ0) is 32.0. The van der Waals surface area contributed by atoms with Crippen molar-refractivity contribution in [3.8, 4) is 28.8 Å². The Kier molecular flexibility index (Phi) is 8.33. The van der Waals surface area contributed by atoms with Gasteiger partial charge in [0.1, 0.15) is 40.1 Å². The first-order chi connectivity index (χ1) is 20.8. The number of esters is 1. The summed E-state index contributed by atoms with van der Waals surface area (Å²) in [5.74, 6) is 0.544. The molecular formula is C30H35FN4O7SSi. The smallest absolute Gasteiger partial charge is 0.339 e. The Bertz CT molecular complexity index is 1790. The molecule has 0 saturated carbocycles. The molecule has 11 nitrogen and oxygen atoms in total. The van der Waals surface area contributed by atoms with Crippen LogP contribution in [-0.2, 0) is 14.8 Å². The molecule has 234 valence electrons. The van der Waals surface area contributed by atoms with Crippen LogP contribution in [0.1, 0.15) is 34.7 Å². The van der Waals surface area contributed by atoms with Crippen LogP contribution in [0, 0.1) is 12.7 Å². The molecule has 0 aliphatic carbocycles. The Morgan fingerprint density at radius 2 is 1.75 bits per heavy atom. The lowest BCUT2D eigenvalue weighted by Crippen LogP contribution is -2.44. The number of furan rings is 1. The van der Waals surface area contributed by atoms with Gasteiger partial charge < -0.3 is 18.6 Å². The summed E-state index contributed by atoms with van der Waals surface area (Å²) in [7, 11) is -3.15. The van der Waals surface area contributed by atoms with Gasteiger partial charge in [-0.15, -0.1) is 10.2 Å². The van der Waals surface area contributed by atoms with Crippen molar-refractivity contribution >= 4 is 30.0 Å². The molecule has 0 bridgehead atoms. The number of anilines is 1. The fourth-order valence-corrected chi connectivity index (χ4v) is 7.75. The van der Waals surface area contributed by atoms with E-state index in [1.54, 1.807) is 41.8 Å². The van der Waals surface area contributed by atoms with Crippen LogP contribution in [0.25, 0.3) is 17.3 Å². The third-order valence-corrected chi connectivity index (χ3v) is 11.4. The first-order valence-corrected chi connectivity index (χ1v) is 19.2. The van der Waals surface area contributed by atoms with Crippen LogP contribution in [0.3, 0.4) is 0 Å². The molecule has 3 heterocycles. The van der Waals surface area contributed by atoms with Gasteiger partial charge in [-0.25, -0.2) is 21.9 Å². The van der Waals surface area contributed by atoms with E-state index in [4.69, 9.17) is 18.6 Å². The summed E-state index contributed by atoms with van der Waals surface area (Å²) in [5.41, 5.74) is 0.677. The lowest BCUT2D eigenvalue weighted by Gasteiger charge is -2.31. The maximum atomic E-state index is 14.7. The Labute approximate surface area is 256 Å². The van der Waals surface area contributed by atoms with Crippen molar-refractivity contribution < 1.29 is 36.2 Å². The lowest BCUT2D eigenvalue weighted by atomic mass is 10.0. The first-order valence-electron chi connectivity index (χ1n) is 14.0. The number of cyclic esters (lactones) is 1. The van der Waals surface area contributed by atoms with Gasteiger partial charge in [0, 0.05) is 20.2 Å². The van der Waals surface area contributed by atoms with E-state index in [1.807, 2.05) is 0 Å². The van der Waals surface area contributed by atoms with Gasteiger partial charge in [-0.2, -0.15) is 0 Å². The zero-order valence-corrected chi connectivity index (χ0v) is 27.4. The maximum absolute atomic E-state index is 14.7. The van der Waals surface area contributed by atoms with Gasteiger partial charge in [0.15, 0.2) is 5.76 Å². The first kappa shape index (κ1) is 31.3. The van der Waals surface area contributed by atoms with Crippen molar-refractivity contribution in [1.29, 1.82) is 0 Å². The highest BCUT2D eigenvalue weighted by Crippen LogP contribution is 2.42. The number of hydrogen-bond acceptors (Lipinski definition) is 9. The number of rotatable bonds is 11. The highest BCUT2D eigenvalue weighted by atomic mass is 32.2. The molecule has 1 aliphatic heterocycles. The molecule has 44 heavy (non-hydrogen) atoms. The van der Waals surface area contributed by atoms with Crippen LogP contribution in [0.2, 0.25) is 25.7 Å². The molecular weight excluding hydrogens is 608 g/mol. The topological polar surface area (TPSA) is 126 Å². The molecule has 0 unspecified atom stereocenters. The normalized spacial score (nSPS) is 15.5. The molecule has 14 heteroatoms. The third-order valence-electron chi connectivity index (χ3n) is 7.50. The number of aryl methyl sites for hydroxylation is 1. The molecule has 0 radical (unpaired) electrons. The summed E-state index contributed by atoms with van der Waals surface area (Å²) in [4.78, 5) is 12.6. The van der Waals surface area contributed by atoms with Crippen molar-refractivity contribution in [3.05, 3.63) is 71.2 Å². The number of methoxy groups -OCH3 is 2. The summed E-state index contributed by atoms with van der Waals surface area (Å²) in [5, 5.41) is 7.56. The zero-order valence-electron chi connectivity index (χ0n) is 25.6. The number of hydrogen-bond donors (Lipinski definition) is 0. The highest BCUT2D eigenvalue weighted by molar-refractivity contribution is 7.93. The fraction of sp³-hybridized carbons (Fsp3) is 0.367. The number of fused-ring (bicyclic) bond motifs is 1. The average molecular weight is 643 g/mol. The number of carbonyl (C=O) groups is 1. The molecule has 0 fully saturated rings. The Morgan fingerprint density at radius 3 is 2.34 bits per heavy atom. The number of nitrogens with zero attached hydrogens (tertiary/aromatic N) is 4. The summed E-state index contributed by atoms with van der Waals surface area (Å²) in [6.07, 6.45) is -1.16. The van der Waals surface area contributed by atoms with E-state index < -0.39 is 41.2 Å². The molecule has 2 aromatic heterocycles. The van der Waals surface area contributed by atoms with E-state index in [-0.39, 0.29) is 23.9 Å². The quantitative estimate of drug-likeness (QED) is 0.148. The third kappa shape index (κ3) is 5.71. The molecule has 0 amide bonds. The van der Waals surface area contributed by atoms with Crippen molar-refractivity contribution in [3.63, 3.8) is 0 Å². The van der Waals surface area contributed by atoms with E-state index in [2.05, 4.69) is 29.8 Å². The SMILES string of the molecule is COc1cccc(OC)c1-n1c(-c2ccc(C)o2)nnc1N(CC[Si](C)(C)C)S(=O)(=O)[C@@H](C)[C@@H]1OC(=O)c2cc(F)ccc21. The van der Waals surface area contributed by atoms with Crippen LogP contribution in [0.5, 0.6) is 11.5 Å². The second-order valence-corrected chi connectivity index (χ2v) is 19.6. The molecule has 2 atom stereocenters. The number of halogens is 1. The Balaban J connectivity index is 1.73. The molecule has 0 saturated heterocycles. The van der Waals surface area contributed by atoms with Crippen molar-refractivity contribution in [1.82, 2.24) is 14.8 Å². The van der Waals surface area contributed by atoms with Gasteiger partial charge in [-0.05, 0) is 56.3 Å². The van der Waals surface area contributed by atoms with E-state index >= 15 is 0 Å². The van der Waals surface area contributed by atoms with E-state index in [0.717, 1.165) is 6.07 Å². The lowest BCUT2D eigenvalue weighted by molar-refractivity contribution is 0.0385. The summed E-state index contributed by atoms with van der Waals surface area (Å²) >= 11 is 0. The average Bonchev–Trinajstić information content (AvgIpc) is 3.68. The van der Waals surface area contributed by atoms with Gasteiger partial charge in [0.2, 0.25) is 21.8 Å². The van der Waals surface area contributed by atoms with E-state index in [0.29, 0.717) is 40.3 Å². The summed E-state index contributed by atoms with van der Waals surface area (Å²) in [6.45, 7) is 9.73. The van der Waals surface area contributed by atoms with Crippen LogP contribution in [-0.4, -0.2) is 63.2 Å². The number of sulfonamides is 1. The van der Waals surface area contributed by atoms with Crippen LogP contribution in [0.4, 0.5) is 10.3 Å². The molecule has 5 rings (SSSR count). The highest BCUT2D eigenvalue weighted by Gasteiger charge is 2.45. The predicted molar refractivity (Wildman–Crippen MR) is 165 cm³/mol. The van der Waals surface area contributed by atoms with Gasteiger partial charge in [0.05, 0.1) is 19.8 Å². The monoisotopic (exact) mass is 642 g/mol. The molecule has 0 spiro atoms. The Morgan fingerprint density at radius 1 is 1.07 bits per heavy atom. The minimum atomic E-state index is -4.32. The van der Waals surface area contributed by atoms with E-state index in [1.165, 1.54) is 37.6 Å². The number of para-hydroxylation sites is 1. The molecule has 0 N–H and O–H groups in total.